The van der Waals surface area contributed by atoms with E-state index in [-0.39, 0.29) is 10.8 Å². The number of oxazole rings is 1. The van der Waals surface area contributed by atoms with Crippen LogP contribution >= 0.6 is 0 Å². The Hall–Kier alpha value is -2.09. The molecular weight excluding hydrogens is 282 g/mol. The summed E-state index contributed by atoms with van der Waals surface area (Å²) in [6, 6.07) is 14.8. The molecule has 120 valence electrons. The van der Waals surface area contributed by atoms with Gasteiger partial charge in [-0.15, -0.1) is 0 Å². The van der Waals surface area contributed by atoms with Crippen LogP contribution < -0.4 is 0 Å². The maximum atomic E-state index is 5.94. The van der Waals surface area contributed by atoms with E-state index in [4.69, 9.17) is 4.42 Å². The van der Waals surface area contributed by atoms with Crippen LogP contribution in [-0.2, 0) is 10.8 Å². The van der Waals surface area contributed by atoms with Crippen LogP contribution in [0.2, 0.25) is 0 Å². The van der Waals surface area contributed by atoms with Crippen LogP contribution in [0.25, 0.3) is 22.6 Å². The van der Waals surface area contributed by atoms with E-state index in [1.165, 1.54) is 11.1 Å². The van der Waals surface area contributed by atoms with E-state index in [9.17, 15) is 0 Å². The lowest BCUT2D eigenvalue weighted by atomic mass is 9.87. The van der Waals surface area contributed by atoms with E-state index < -0.39 is 0 Å². The summed E-state index contributed by atoms with van der Waals surface area (Å²) in [6.45, 7) is 13.3. The quantitative estimate of drug-likeness (QED) is 0.543. The van der Waals surface area contributed by atoms with Gasteiger partial charge in [0.25, 0.3) is 0 Å². The molecule has 0 N–H and O–H groups in total. The number of nitrogens with zero attached hydrogens (tertiary/aromatic N) is 1. The fourth-order valence-corrected chi connectivity index (χ4v) is 2.63. The third kappa shape index (κ3) is 3.17. The van der Waals surface area contributed by atoms with Gasteiger partial charge in [-0.2, -0.15) is 0 Å². The number of rotatable bonds is 1. The van der Waals surface area contributed by atoms with E-state index in [1.807, 2.05) is 6.07 Å². The van der Waals surface area contributed by atoms with Crippen LogP contribution in [0.3, 0.4) is 0 Å². The fourth-order valence-electron chi connectivity index (χ4n) is 2.63. The molecule has 0 unspecified atom stereocenters. The van der Waals surface area contributed by atoms with Crippen molar-refractivity contribution in [1.82, 2.24) is 4.98 Å². The SMILES string of the molecule is CC(C)(C)c1ccc(-c2nc3cc(C(C)(C)C)ccc3o2)cc1. The second kappa shape index (κ2) is 5.23. The van der Waals surface area contributed by atoms with Gasteiger partial charge in [0.05, 0.1) is 0 Å². The number of benzene rings is 2. The molecule has 0 saturated carbocycles. The third-order valence-electron chi connectivity index (χ3n) is 4.25. The fraction of sp³-hybridized carbons (Fsp3) is 0.381. The molecule has 0 atom stereocenters. The maximum Gasteiger partial charge on any atom is 0.227 e. The number of aromatic nitrogens is 1. The van der Waals surface area contributed by atoms with E-state index in [2.05, 4.69) is 82.9 Å². The second-order valence-corrected chi connectivity index (χ2v) is 8.28. The molecule has 1 aromatic heterocycles. The molecule has 2 nitrogen and oxygen atoms in total. The molecule has 0 aliphatic heterocycles. The summed E-state index contributed by atoms with van der Waals surface area (Å²) in [5, 5.41) is 0. The monoisotopic (exact) mass is 307 g/mol. The first-order valence-electron chi connectivity index (χ1n) is 8.16. The Bertz CT molecular complexity index is 827. The highest BCUT2D eigenvalue weighted by Gasteiger charge is 2.17. The molecule has 0 bridgehead atoms. The molecular formula is C21H25NO. The second-order valence-electron chi connectivity index (χ2n) is 8.28. The lowest BCUT2D eigenvalue weighted by Gasteiger charge is -2.18. The van der Waals surface area contributed by atoms with Gasteiger partial charge in [-0.25, -0.2) is 4.98 Å². The molecule has 0 saturated heterocycles. The molecule has 1 heterocycles. The summed E-state index contributed by atoms with van der Waals surface area (Å²) < 4.78 is 5.94. The van der Waals surface area contributed by atoms with Crippen LogP contribution in [0.1, 0.15) is 52.7 Å². The highest BCUT2D eigenvalue weighted by Crippen LogP contribution is 2.30. The van der Waals surface area contributed by atoms with Gasteiger partial charge in [-0.1, -0.05) is 59.7 Å². The zero-order chi connectivity index (χ0) is 16.8. The Labute approximate surface area is 138 Å². The van der Waals surface area contributed by atoms with Gasteiger partial charge >= 0.3 is 0 Å². The van der Waals surface area contributed by atoms with E-state index in [1.54, 1.807) is 0 Å². The van der Waals surface area contributed by atoms with Gasteiger partial charge in [-0.05, 0) is 46.2 Å². The van der Waals surface area contributed by atoms with Crippen molar-refractivity contribution in [1.29, 1.82) is 0 Å². The van der Waals surface area contributed by atoms with Crippen LogP contribution in [0.4, 0.5) is 0 Å². The normalized spacial score (nSPS) is 12.8. The zero-order valence-electron chi connectivity index (χ0n) is 14.9. The minimum atomic E-state index is 0.113. The average molecular weight is 307 g/mol. The Morgan fingerprint density at radius 2 is 1.30 bits per heavy atom. The maximum absolute atomic E-state index is 5.94. The van der Waals surface area contributed by atoms with Crippen LogP contribution in [0.5, 0.6) is 0 Å². The van der Waals surface area contributed by atoms with Crippen molar-refractivity contribution in [2.75, 3.05) is 0 Å². The van der Waals surface area contributed by atoms with Crippen LogP contribution in [-0.4, -0.2) is 4.98 Å². The molecule has 23 heavy (non-hydrogen) atoms. The molecule has 0 aliphatic carbocycles. The van der Waals surface area contributed by atoms with E-state index >= 15 is 0 Å². The van der Waals surface area contributed by atoms with Gasteiger partial charge < -0.3 is 4.42 Å². The smallest absolute Gasteiger partial charge is 0.227 e. The largest absolute Gasteiger partial charge is 0.436 e. The predicted octanol–water partition coefficient (Wildman–Crippen LogP) is 6.09. The van der Waals surface area contributed by atoms with Crippen molar-refractivity contribution in [3.8, 4) is 11.5 Å². The van der Waals surface area contributed by atoms with Crippen LogP contribution in [0, 0.1) is 0 Å². The van der Waals surface area contributed by atoms with Crippen molar-refractivity contribution in [2.24, 2.45) is 0 Å². The summed E-state index contributed by atoms with van der Waals surface area (Å²) in [5.74, 6) is 0.687. The Morgan fingerprint density at radius 1 is 0.739 bits per heavy atom. The van der Waals surface area contributed by atoms with Crippen molar-refractivity contribution in [3.05, 3.63) is 53.6 Å². The lowest BCUT2D eigenvalue weighted by molar-refractivity contribution is 0.588. The third-order valence-corrected chi connectivity index (χ3v) is 4.25. The summed E-state index contributed by atoms with van der Waals surface area (Å²) in [5.41, 5.74) is 5.63. The Kier molecular flexibility index (Phi) is 3.59. The Morgan fingerprint density at radius 3 is 1.87 bits per heavy atom. The van der Waals surface area contributed by atoms with Gasteiger partial charge in [0, 0.05) is 5.56 Å². The molecule has 0 amide bonds. The summed E-state index contributed by atoms with van der Waals surface area (Å²) in [7, 11) is 0. The molecule has 0 fully saturated rings. The van der Waals surface area contributed by atoms with E-state index in [0.29, 0.717) is 5.89 Å². The van der Waals surface area contributed by atoms with Crippen molar-refractivity contribution in [2.45, 2.75) is 52.4 Å². The zero-order valence-corrected chi connectivity index (χ0v) is 14.9. The molecule has 3 aromatic rings. The number of hydrogen-bond donors (Lipinski definition) is 0. The van der Waals surface area contributed by atoms with Gasteiger partial charge in [0.15, 0.2) is 5.58 Å². The molecule has 2 aromatic carbocycles. The van der Waals surface area contributed by atoms with Crippen molar-refractivity contribution < 1.29 is 4.42 Å². The minimum Gasteiger partial charge on any atom is -0.436 e. The highest BCUT2D eigenvalue weighted by atomic mass is 16.3. The van der Waals surface area contributed by atoms with Gasteiger partial charge in [0.1, 0.15) is 5.52 Å². The lowest BCUT2D eigenvalue weighted by Crippen LogP contribution is -2.10. The highest BCUT2D eigenvalue weighted by molar-refractivity contribution is 5.77. The first kappa shape index (κ1) is 15.8. The van der Waals surface area contributed by atoms with E-state index in [0.717, 1.165) is 16.7 Å². The number of hydrogen-bond acceptors (Lipinski definition) is 2. The minimum absolute atomic E-state index is 0.113. The van der Waals surface area contributed by atoms with Crippen LogP contribution in [0.15, 0.2) is 46.9 Å². The first-order valence-corrected chi connectivity index (χ1v) is 8.16. The van der Waals surface area contributed by atoms with Gasteiger partial charge in [-0.3, -0.25) is 0 Å². The molecule has 0 spiro atoms. The topological polar surface area (TPSA) is 26.0 Å². The standard InChI is InChI=1S/C21H25NO/c1-20(2,3)15-9-7-14(8-10-15)19-22-17-13-16(21(4,5)6)11-12-18(17)23-19/h7-13H,1-6H3. The first-order chi connectivity index (χ1) is 10.6. The summed E-state index contributed by atoms with van der Waals surface area (Å²) >= 11 is 0. The van der Waals surface area contributed by atoms with Crippen molar-refractivity contribution in [3.63, 3.8) is 0 Å². The molecule has 0 radical (unpaired) electrons. The molecule has 0 aliphatic rings. The average Bonchev–Trinajstić information content (AvgIpc) is 2.88. The summed E-state index contributed by atoms with van der Waals surface area (Å²) in [6.07, 6.45) is 0. The summed E-state index contributed by atoms with van der Waals surface area (Å²) in [4.78, 5) is 4.68. The number of fused-ring (bicyclic) bond motifs is 1. The Balaban J connectivity index is 2.00. The van der Waals surface area contributed by atoms with Gasteiger partial charge in [0.2, 0.25) is 5.89 Å². The van der Waals surface area contributed by atoms with Crippen molar-refractivity contribution >= 4 is 11.1 Å². The molecule has 3 rings (SSSR count). The molecule has 2 heteroatoms. The predicted molar refractivity (Wildman–Crippen MR) is 96.8 cm³/mol.